The van der Waals surface area contributed by atoms with Gasteiger partial charge in [-0.1, -0.05) is 0 Å². The first-order valence-corrected chi connectivity index (χ1v) is 4.38. The van der Waals surface area contributed by atoms with E-state index >= 15 is 0 Å². The van der Waals surface area contributed by atoms with Crippen LogP contribution in [0.4, 0.5) is 5.82 Å². The van der Waals surface area contributed by atoms with Crippen LogP contribution in [0.5, 0.6) is 0 Å². The number of rotatable bonds is 3. The highest BCUT2D eigenvalue weighted by molar-refractivity contribution is 5.44. The minimum Gasteiger partial charge on any atom is -0.383 e. The summed E-state index contributed by atoms with van der Waals surface area (Å²) < 4.78 is 5.18. The van der Waals surface area contributed by atoms with Crippen molar-refractivity contribution in [3.8, 4) is 0 Å². The Morgan fingerprint density at radius 1 is 1.62 bits per heavy atom. The highest BCUT2D eigenvalue weighted by atomic mass is 16.5. The fourth-order valence-electron chi connectivity index (χ4n) is 1.25. The third-order valence-electron chi connectivity index (χ3n) is 2.22. The number of hydrogen-bond donors (Lipinski definition) is 1. The Labute approximate surface area is 78.9 Å². The molecule has 0 aliphatic carbocycles. The van der Waals surface area contributed by atoms with Crippen molar-refractivity contribution in [2.24, 2.45) is 0 Å². The molecule has 3 heteroatoms. The van der Waals surface area contributed by atoms with Crippen molar-refractivity contribution in [2.45, 2.75) is 26.4 Å². The van der Waals surface area contributed by atoms with Gasteiger partial charge in [0.1, 0.15) is 5.82 Å². The molecule has 0 amide bonds. The maximum atomic E-state index is 5.76. The Morgan fingerprint density at radius 2 is 2.31 bits per heavy atom. The SMILES string of the molecule is COC(C)Cc1c(C)ccnc1N. The Kier molecular flexibility index (Phi) is 3.25. The number of ether oxygens (including phenoxy) is 1. The highest BCUT2D eigenvalue weighted by Gasteiger charge is 2.08. The zero-order chi connectivity index (χ0) is 9.84. The zero-order valence-corrected chi connectivity index (χ0v) is 8.37. The van der Waals surface area contributed by atoms with Crippen molar-refractivity contribution in [3.63, 3.8) is 0 Å². The van der Waals surface area contributed by atoms with Gasteiger partial charge in [0.2, 0.25) is 0 Å². The topological polar surface area (TPSA) is 48.1 Å². The third kappa shape index (κ3) is 2.42. The first-order valence-electron chi connectivity index (χ1n) is 4.38. The number of aryl methyl sites for hydroxylation is 1. The lowest BCUT2D eigenvalue weighted by Gasteiger charge is -2.12. The van der Waals surface area contributed by atoms with Crippen LogP contribution in [0.1, 0.15) is 18.1 Å². The van der Waals surface area contributed by atoms with Crippen molar-refractivity contribution in [1.82, 2.24) is 4.98 Å². The Hall–Kier alpha value is -1.09. The molecule has 0 saturated heterocycles. The second-order valence-corrected chi connectivity index (χ2v) is 3.24. The molecular weight excluding hydrogens is 164 g/mol. The number of methoxy groups -OCH3 is 1. The minimum absolute atomic E-state index is 0.185. The summed E-state index contributed by atoms with van der Waals surface area (Å²) in [6.45, 7) is 4.06. The van der Waals surface area contributed by atoms with Gasteiger partial charge in [-0.3, -0.25) is 0 Å². The molecule has 1 heterocycles. The van der Waals surface area contributed by atoms with Gasteiger partial charge in [-0.25, -0.2) is 4.98 Å². The average Bonchev–Trinajstić information content (AvgIpc) is 2.11. The Morgan fingerprint density at radius 3 is 2.85 bits per heavy atom. The van der Waals surface area contributed by atoms with Crippen LogP contribution in [0.3, 0.4) is 0 Å². The van der Waals surface area contributed by atoms with E-state index in [4.69, 9.17) is 10.5 Å². The Bertz CT molecular complexity index is 266. The minimum atomic E-state index is 0.185. The van der Waals surface area contributed by atoms with E-state index in [2.05, 4.69) is 4.98 Å². The van der Waals surface area contributed by atoms with E-state index in [0.717, 1.165) is 12.0 Å². The van der Waals surface area contributed by atoms with Gasteiger partial charge in [-0.2, -0.15) is 0 Å². The molecule has 0 saturated carbocycles. The van der Waals surface area contributed by atoms with E-state index in [1.807, 2.05) is 19.9 Å². The van der Waals surface area contributed by atoms with Gasteiger partial charge >= 0.3 is 0 Å². The lowest BCUT2D eigenvalue weighted by atomic mass is 10.0. The molecule has 72 valence electrons. The smallest absolute Gasteiger partial charge is 0.126 e. The molecule has 13 heavy (non-hydrogen) atoms. The van der Waals surface area contributed by atoms with Crippen LogP contribution in [-0.2, 0) is 11.2 Å². The Balaban J connectivity index is 2.87. The quantitative estimate of drug-likeness (QED) is 0.767. The molecule has 0 radical (unpaired) electrons. The second-order valence-electron chi connectivity index (χ2n) is 3.24. The summed E-state index contributed by atoms with van der Waals surface area (Å²) in [6.07, 6.45) is 2.73. The van der Waals surface area contributed by atoms with Crippen LogP contribution in [-0.4, -0.2) is 18.2 Å². The zero-order valence-electron chi connectivity index (χ0n) is 8.37. The van der Waals surface area contributed by atoms with E-state index in [1.54, 1.807) is 13.3 Å². The van der Waals surface area contributed by atoms with Gasteiger partial charge in [-0.15, -0.1) is 0 Å². The molecule has 3 nitrogen and oxygen atoms in total. The molecule has 1 aromatic heterocycles. The number of nitrogens with zero attached hydrogens (tertiary/aromatic N) is 1. The summed E-state index contributed by atoms with van der Waals surface area (Å²) in [7, 11) is 1.70. The lowest BCUT2D eigenvalue weighted by Crippen LogP contribution is -2.12. The van der Waals surface area contributed by atoms with E-state index < -0.39 is 0 Å². The normalized spacial score (nSPS) is 12.8. The van der Waals surface area contributed by atoms with Crippen molar-refractivity contribution >= 4 is 5.82 Å². The van der Waals surface area contributed by atoms with Crippen LogP contribution < -0.4 is 5.73 Å². The van der Waals surface area contributed by atoms with Crippen LogP contribution in [0.2, 0.25) is 0 Å². The standard InChI is InChI=1S/C10H16N2O/c1-7-4-5-12-10(11)9(7)6-8(2)13-3/h4-5,8H,6H2,1-3H3,(H2,11,12). The van der Waals surface area contributed by atoms with Crippen molar-refractivity contribution in [1.29, 1.82) is 0 Å². The van der Waals surface area contributed by atoms with Gasteiger partial charge in [0.25, 0.3) is 0 Å². The number of pyridine rings is 1. The highest BCUT2D eigenvalue weighted by Crippen LogP contribution is 2.16. The molecule has 0 aliphatic heterocycles. The van der Waals surface area contributed by atoms with Crippen LogP contribution in [0.15, 0.2) is 12.3 Å². The summed E-state index contributed by atoms with van der Waals surface area (Å²) in [4.78, 5) is 4.05. The largest absolute Gasteiger partial charge is 0.383 e. The number of anilines is 1. The number of nitrogens with two attached hydrogens (primary N) is 1. The first kappa shape index (κ1) is 9.99. The number of aromatic nitrogens is 1. The maximum Gasteiger partial charge on any atom is 0.126 e. The van der Waals surface area contributed by atoms with E-state index in [0.29, 0.717) is 5.82 Å². The average molecular weight is 180 g/mol. The van der Waals surface area contributed by atoms with Crippen molar-refractivity contribution in [3.05, 3.63) is 23.4 Å². The first-order chi connectivity index (χ1) is 6.15. The summed E-state index contributed by atoms with van der Waals surface area (Å²) in [5.41, 5.74) is 8.03. The molecule has 0 fully saturated rings. The maximum absolute atomic E-state index is 5.76. The molecule has 1 rings (SSSR count). The number of nitrogen functional groups attached to an aromatic ring is 1. The molecule has 0 aromatic carbocycles. The second kappa shape index (κ2) is 4.23. The van der Waals surface area contributed by atoms with E-state index in [9.17, 15) is 0 Å². The molecular formula is C10H16N2O. The molecule has 1 unspecified atom stereocenters. The van der Waals surface area contributed by atoms with Gasteiger partial charge in [0.15, 0.2) is 0 Å². The fourth-order valence-corrected chi connectivity index (χ4v) is 1.25. The van der Waals surface area contributed by atoms with Crippen LogP contribution in [0, 0.1) is 6.92 Å². The van der Waals surface area contributed by atoms with Gasteiger partial charge in [0.05, 0.1) is 6.10 Å². The summed E-state index contributed by atoms with van der Waals surface area (Å²) in [6, 6.07) is 1.97. The van der Waals surface area contributed by atoms with Crippen LogP contribution >= 0.6 is 0 Å². The monoisotopic (exact) mass is 180 g/mol. The summed E-state index contributed by atoms with van der Waals surface area (Å²) in [5, 5.41) is 0. The van der Waals surface area contributed by atoms with Crippen LogP contribution in [0.25, 0.3) is 0 Å². The van der Waals surface area contributed by atoms with Crippen molar-refractivity contribution < 1.29 is 4.74 Å². The van der Waals surface area contributed by atoms with Gasteiger partial charge < -0.3 is 10.5 Å². The molecule has 0 spiro atoms. The summed E-state index contributed by atoms with van der Waals surface area (Å²) in [5.74, 6) is 0.615. The number of hydrogen-bond acceptors (Lipinski definition) is 3. The molecule has 2 N–H and O–H groups in total. The summed E-state index contributed by atoms with van der Waals surface area (Å²) >= 11 is 0. The molecule has 0 bridgehead atoms. The third-order valence-corrected chi connectivity index (χ3v) is 2.22. The lowest BCUT2D eigenvalue weighted by molar-refractivity contribution is 0.119. The molecule has 1 aromatic rings. The van der Waals surface area contributed by atoms with E-state index in [-0.39, 0.29) is 6.10 Å². The van der Waals surface area contributed by atoms with Gasteiger partial charge in [-0.05, 0) is 31.0 Å². The fraction of sp³-hybridized carbons (Fsp3) is 0.500. The predicted molar refractivity (Wildman–Crippen MR) is 53.6 cm³/mol. The molecule has 0 aliphatic rings. The van der Waals surface area contributed by atoms with E-state index in [1.165, 1.54) is 5.56 Å². The molecule has 1 atom stereocenters. The van der Waals surface area contributed by atoms with Crippen molar-refractivity contribution in [2.75, 3.05) is 12.8 Å². The van der Waals surface area contributed by atoms with Gasteiger partial charge in [0, 0.05) is 19.7 Å². The predicted octanol–water partition coefficient (Wildman–Crippen LogP) is 1.55.